The number of imidazole rings is 1. The molecular formula is C19H17N5O. The Hall–Kier alpha value is -3.41. The standard InChI is InChI=1S/C19H17N5O/c1-3-11-25-15-9-5-4-8-14(15)18-21-17-16(13-7-6-10-20-12-13)23-24(2)19(17)22-18/h3-10,12H,1,11H2,2H3,(H,21,22). The predicted octanol–water partition coefficient (Wildman–Crippen LogP) is 3.59. The Morgan fingerprint density at radius 1 is 1.24 bits per heavy atom. The largest absolute Gasteiger partial charge is 0.489 e. The maximum atomic E-state index is 5.75. The van der Waals surface area contributed by atoms with Crippen LogP contribution in [-0.2, 0) is 7.05 Å². The molecule has 0 unspecified atom stereocenters. The highest BCUT2D eigenvalue weighted by atomic mass is 16.5. The molecule has 6 heteroatoms. The number of aromatic nitrogens is 5. The fourth-order valence-electron chi connectivity index (χ4n) is 2.78. The first-order valence-electron chi connectivity index (χ1n) is 7.94. The van der Waals surface area contributed by atoms with Gasteiger partial charge in [0.05, 0.1) is 5.56 Å². The van der Waals surface area contributed by atoms with Gasteiger partial charge in [0.2, 0.25) is 0 Å². The average molecular weight is 331 g/mol. The summed E-state index contributed by atoms with van der Waals surface area (Å²) < 4.78 is 7.52. The predicted molar refractivity (Wildman–Crippen MR) is 97.2 cm³/mol. The van der Waals surface area contributed by atoms with Crippen LogP contribution in [-0.4, -0.2) is 31.3 Å². The van der Waals surface area contributed by atoms with Crippen molar-refractivity contribution in [2.75, 3.05) is 6.61 Å². The van der Waals surface area contributed by atoms with Crippen LogP contribution in [0.1, 0.15) is 0 Å². The lowest BCUT2D eigenvalue weighted by Gasteiger charge is -2.07. The van der Waals surface area contributed by atoms with Crippen LogP contribution in [0.4, 0.5) is 0 Å². The summed E-state index contributed by atoms with van der Waals surface area (Å²) in [6.45, 7) is 4.14. The van der Waals surface area contributed by atoms with Crippen molar-refractivity contribution in [1.29, 1.82) is 0 Å². The number of pyridine rings is 1. The normalized spacial score (nSPS) is 10.9. The van der Waals surface area contributed by atoms with Crippen molar-refractivity contribution in [3.8, 4) is 28.4 Å². The van der Waals surface area contributed by atoms with Gasteiger partial charge in [-0.25, -0.2) is 9.67 Å². The number of ether oxygens (including phenoxy) is 1. The van der Waals surface area contributed by atoms with E-state index in [2.05, 4.69) is 21.6 Å². The van der Waals surface area contributed by atoms with Gasteiger partial charge in [0, 0.05) is 25.0 Å². The van der Waals surface area contributed by atoms with Crippen LogP contribution < -0.4 is 4.74 Å². The lowest BCUT2D eigenvalue weighted by Crippen LogP contribution is -1.96. The number of aryl methyl sites for hydroxylation is 1. The molecular weight excluding hydrogens is 314 g/mol. The molecule has 0 spiro atoms. The number of hydrogen-bond acceptors (Lipinski definition) is 4. The fourth-order valence-corrected chi connectivity index (χ4v) is 2.78. The molecule has 0 aliphatic rings. The molecule has 0 radical (unpaired) electrons. The third kappa shape index (κ3) is 2.67. The molecule has 6 nitrogen and oxygen atoms in total. The Labute approximate surface area is 144 Å². The van der Waals surface area contributed by atoms with E-state index in [1.165, 1.54) is 0 Å². The number of para-hydroxylation sites is 1. The monoisotopic (exact) mass is 331 g/mol. The molecule has 3 heterocycles. The van der Waals surface area contributed by atoms with E-state index < -0.39 is 0 Å². The van der Waals surface area contributed by atoms with E-state index >= 15 is 0 Å². The Morgan fingerprint density at radius 2 is 2.12 bits per heavy atom. The van der Waals surface area contributed by atoms with Crippen LogP contribution in [0.3, 0.4) is 0 Å². The summed E-state index contributed by atoms with van der Waals surface area (Å²) in [6.07, 6.45) is 5.26. The van der Waals surface area contributed by atoms with Crippen molar-refractivity contribution < 1.29 is 4.74 Å². The molecule has 0 bridgehead atoms. The van der Waals surface area contributed by atoms with E-state index in [1.54, 1.807) is 23.2 Å². The third-order valence-corrected chi connectivity index (χ3v) is 3.91. The quantitative estimate of drug-likeness (QED) is 0.567. The zero-order valence-corrected chi connectivity index (χ0v) is 13.8. The molecule has 0 atom stereocenters. The second-order valence-corrected chi connectivity index (χ2v) is 5.59. The summed E-state index contributed by atoms with van der Waals surface area (Å²) in [5, 5.41) is 4.57. The molecule has 0 amide bonds. The van der Waals surface area contributed by atoms with E-state index in [9.17, 15) is 0 Å². The Bertz CT molecular complexity index is 1030. The Kier molecular flexibility index (Phi) is 3.78. The summed E-state index contributed by atoms with van der Waals surface area (Å²) in [7, 11) is 1.88. The van der Waals surface area contributed by atoms with Crippen molar-refractivity contribution in [1.82, 2.24) is 24.7 Å². The highest BCUT2D eigenvalue weighted by molar-refractivity contribution is 5.90. The van der Waals surface area contributed by atoms with Crippen LogP contribution in [0.2, 0.25) is 0 Å². The molecule has 0 aliphatic carbocycles. The van der Waals surface area contributed by atoms with Crippen molar-refractivity contribution >= 4 is 11.2 Å². The van der Waals surface area contributed by atoms with Gasteiger partial charge in [-0.15, -0.1) is 0 Å². The molecule has 4 rings (SSSR count). The van der Waals surface area contributed by atoms with Gasteiger partial charge in [-0.2, -0.15) is 5.10 Å². The minimum atomic E-state index is 0.444. The SMILES string of the molecule is C=CCOc1ccccc1-c1nc2c([nH]1)c(-c1cccnc1)nn2C. The number of nitrogens with one attached hydrogen (secondary N) is 1. The maximum absolute atomic E-state index is 5.75. The molecule has 0 fully saturated rings. The number of aromatic amines is 1. The summed E-state index contributed by atoms with van der Waals surface area (Å²) in [5.74, 6) is 1.50. The van der Waals surface area contributed by atoms with E-state index in [0.29, 0.717) is 6.61 Å². The van der Waals surface area contributed by atoms with Crippen LogP contribution >= 0.6 is 0 Å². The third-order valence-electron chi connectivity index (χ3n) is 3.91. The van der Waals surface area contributed by atoms with E-state index in [1.807, 2.05) is 43.4 Å². The molecule has 3 aromatic heterocycles. The first-order valence-corrected chi connectivity index (χ1v) is 7.94. The minimum Gasteiger partial charge on any atom is -0.489 e. The zero-order chi connectivity index (χ0) is 17.2. The molecule has 1 N–H and O–H groups in total. The van der Waals surface area contributed by atoms with Crippen molar-refractivity contribution in [2.24, 2.45) is 7.05 Å². The first-order chi connectivity index (χ1) is 12.3. The van der Waals surface area contributed by atoms with Gasteiger partial charge in [-0.05, 0) is 24.3 Å². The first kappa shape index (κ1) is 15.1. The zero-order valence-electron chi connectivity index (χ0n) is 13.8. The average Bonchev–Trinajstić information content (AvgIpc) is 3.22. The van der Waals surface area contributed by atoms with Crippen LogP contribution in [0, 0.1) is 0 Å². The lowest BCUT2D eigenvalue weighted by atomic mass is 10.2. The number of fused-ring (bicyclic) bond motifs is 1. The van der Waals surface area contributed by atoms with E-state index in [-0.39, 0.29) is 0 Å². The molecule has 1 aromatic carbocycles. The lowest BCUT2D eigenvalue weighted by molar-refractivity contribution is 0.364. The number of benzene rings is 1. The minimum absolute atomic E-state index is 0.444. The molecule has 0 aliphatic heterocycles. The summed E-state index contributed by atoms with van der Waals surface area (Å²) >= 11 is 0. The summed E-state index contributed by atoms with van der Waals surface area (Å²) in [5.41, 5.74) is 4.34. The number of rotatable bonds is 5. The fraction of sp³-hybridized carbons (Fsp3) is 0.105. The van der Waals surface area contributed by atoms with Crippen LogP contribution in [0.15, 0.2) is 61.4 Å². The molecule has 25 heavy (non-hydrogen) atoms. The van der Waals surface area contributed by atoms with Gasteiger partial charge in [0.25, 0.3) is 0 Å². The van der Waals surface area contributed by atoms with Crippen LogP contribution in [0.25, 0.3) is 33.8 Å². The van der Waals surface area contributed by atoms with Crippen molar-refractivity contribution in [2.45, 2.75) is 0 Å². The molecule has 4 aromatic rings. The second-order valence-electron chi connectivity index (χ2n) is 5.59. The van der Waals surface area contributed by atoms with Crippen molar-refractivity contribution in [3.05, 3.63) is 61.4 Å². The van der Waals surface area contributed by atoms with Gasteiger partial charge in [-0.1, -0.05) is 24.8 Å². The number of H-pyrrole nitrogens is 1. The van der Waals surface area contributed by atoms with Gasteiger partial charge in [0.15, 0.2) is 5.65 Å². The van der Waals surface area contributed by atoms with E-state index in [4.69, 9.17) is 9.72 Å². The molecule has 0 saturated carbocycles. The van der Waals surface area contributed by atoms with Gasteiger partial charge < -0.3 is 9.72 Å². The maximum Gasteiger partial charge on any atom is 0.177 e. The second kappa shape index (κ2) is 6.24. The van der Waals surface area contributed by atoms with E-state index in [0.717, 1.165) is 39.6 Å². The van der Waals surface area contributed by atoms with Gasteiger partial charge in [0.1, 0.15) is 29.4 Å². The van der Waals surface area contributed by atoms with Gasteiger partial charge >= 0.3 is 0 Å². The highest BCUT2D eigenvalue weighted by Crippen LogP contribution is 2.32. The summed E-state index contributed by atoms with van der Waals surface area (Å²) in [4.78, 5) is 12.3. The van der Waals surface area contributed by atoms with Crippen molar-refractivity contribution in [3.63, 3.8) is 0 Å². The topological polar surface area (TPSA) is 68.6 Å². The Balaban J connectivity index is 1.85. The smallest absolute Gasteiger partial charge is 0.177 e. The number of nitrogens with zero attached hydrogens (tertiary/aromatic N) is 4. The van der Waals surface area contributed by atoms with Crippen LogP contribution in [0.5, 0.6) is 5.75 Å². The Morgan fingerprint density at radius 3 is 2.92 bits per heavy atom. The highest BCUT2D eigenvalue weighted by Gasteiger charge is 2.18. The molecule has 0 saturated heterocycles. The van der Waals surface area contributed by atoms with Gasteiger partial charge in [-0.3, -0.25) is 4.98 Å². The number of hydrogen-bond donors (Lipinski definition) is 1. The molecule has 124 valence electrons. The summed E-state index contributed by atoms with van der Waals surface area (Å²) in [6, 6.07) is 11.7.